The molecule has 0 radical (unpaired) electrons. The Bertz CT molecular complexity index is 1200. The van der Waals surface area contributed by atoms with E-state index in [4.69, 9.17) is 14.2 Å². The van der Waals surface area contributed by atoms with Crippen LogP contribution in [-0.4, -0.2) is 49.7 Å². The van der Waals surface area contributed by atoms with Gasteiger partial charge in [0.25, 0.3) is 0 Å². The molecule has 1 saturated carbocycles. The number of aryl methyl sites for hydroxylation is 2. The highest BCUT2D eigenvalue weighted by Crippen LogP contribution is 2.31. The number of hydrogen-bond donors (Lipinski definition) is 1. The topological polar surface area (TPSA) is 130 Å². The van der Waals surface area contributed by atoms with Crippen LogP contribution in [0.2, 0.25) is 0 Å². The fraction of sp³-hybridized carbons (Fsp3) is 0.440. The lowest BCUT2D eigenvalue weighted by Crippen LogP contribution is -2.25. The third-order valence-electron chi connectivity index (χ3n) is 5.98. The van der Waals surface area contributed by atoms with Gasteiger partial charge in [-0.25, -0.2) is 19.4 Å². The summed E-state index contributed by atoms with van der Waals surface area (Å²) in [6, 6.07) is 9.45. The van der Waals surface area contributed by atoms with Crippen molar-refractivity contribution in [1.29, 1.82) is 0 Å². The molecule has 11 nitrogen and oxygen atoms in total. The first-order valence-corrected chi connectivity index (χ1v) is 11.9. The molecule has 1 amide bonds. The van der Waals surface area contributed by atoms with E-state index in [-0.39, 0.29) is 31.1 Å². The fourth-order valence-electron chi connectivity index (χ4n) is 4.08. The van der Waals surface area contributed by atoms with E-state index in [0.717, 1.165) is 18.4 Å². The minimum absolute atomic E-state index is 0.114. The summed E-state index contributed by atoms with van der Waals surface area (Å²) < 4.78 is 18.0. The third-order valence-corrected chi connectivity index (χ3v) is 5.98. The summed E-state index contributed by atoms with van der Waals surface area (Å²) in [6.07, 6.45) is 3.00. The monoisotopic (exact) mass is 494 g/mol. The normalized spacial score (nSPS) is 17.0. The van der Waals surface area contributed by atoms with Crippen molar-refractivity contribution < 1.29 is 23.8 Å². The van der Waals surface area contributed by atoms with Crippen molar-refractivity contribution in [2.75, 3.05) is 6.61 Å². The van der Waals surface area contributed by atoms with E-state index < -0.39 is 6.09 Å². The van der Waals surface area contributed by atoms with E-state index in [1.807, 2.05) is 30.3 Å². The predicted octanol–water partition coefficient (Wildman–Crippen LogP) is 3.12. The molecule has 36 heavy (non-hydrogen) atoms. The maximum atomic E-state index is 12.2. The average Bonchev–Trinajstić information content (AvgIpc) is 3.50. The number of amides is 1. The van der Waals surface area contributed by atoms with Gasteiger partial charge in [-0.2, -0.15) is 0 Å². The van der Waals surface area contributed by atoms with Crippen molar-refractivity contribution in [1.82, 2.24) is 30.3 Å². The zero-order valence-corrected chi connectivity index (χ0v) is 20.6. The summed E-state index contributed by atoms with van der Waals surface area (Å²) in [5.41, 5.74) is 3.17. The highest BCUT2D eigenvalue weighted by Gasteiger charge is 2.32. The molecule has 1 N–H and O–H groups in total. The van der Waals surface area contributed by atoms with Crippen LogP contribution >= 0.6 is 0 Å². The number of rotatable bonds is 9. The molecule has 0 bridgehead atoms. The molecule has 0 spiro atoms. The first-order chi connectivity index (χ1) is 17.4. The van der Waals surface area contributed by atoms with Crippen molar-refractivity contribution in [3.63, 3.8) is 0 Å². The van der Waals surface area contributed by atoms with E-state index in [2.05, 4.69) is 25.6 Å². The van der Waals surface area contributed by atoms with Gasteiger partial charge in [0, 0.05) is 7.05 Å². The van der Waals surface area contributed by atoms with Gasteiger partial charge in [-0.1, -0.05) is 35.5 Å². The predicted molar refractivity (Wildman–Crippen MR) is 129 cm³/mol. The summed E-state index contributed by atoms with van der Waals surface area (Å²) in [4.78, 5) is 33.2. The number of nitrogens with zero attached hydrogens (tertiary/aromatic N) is 5. The number of ether oxygens (including phenoxy) is 3. The molecule has 1 aromatic carbocycles. The maximum absolute atomic E-state index is 12.2. The van der Waals surface area contributed by atoms with Gasteiger partial charge in [-0.15, -0.1) is 5.10 Å². The van der Waals surface area contributed by atoms with Gasteiger partial charge in [0.1, 0.15) is 29.8 Å². The van der Waals surface area contributed by atoms with Crippen LogP contribution in [0.5, 0.6) is 5.88 Å². The molecule has 1 aliphatic carbocycles. The second-order valence-electron chi connectivity index (χ2n) is 8.57. The lowest BCUT2D eigenvalue weighted by Gasteiger charge is -2.15. The Morgan fingerprint density at radius 3 is 2.72 bits per heavy atom. The summed E-state index contributed by atoms with van der Waals surface area (Å²) in [6.45, 7) is 4.32. The van der Waals surface area contributed by atoms with Crippen LogP contribution in [0.3, 0.4) is 0 Å². The van der Waals surface area contributed by atoms with Gasteiger partial charge < -0.3 is 19.5 Å². The van der Waals surface area contributed by atoms with Crippen molar-refractivity contribution in [2.45, 2.75) is 52.4 Å². The first-order valence-electron chi connectivity index (χ1n) is 11.9. The standard InChI is InChI=1S/C25H30N6O5/c1-4-34-24(32)18-10-11-19(12-18)36-23-16(2)28-20(13-26-23)22-21(31(3)30-29-22)14-27-25(33)35-15-17-8-6-5-7-9-17/h5-9,13,18-19H,4,10-12,14-15H2,1-3H3,(H,27,33)/t18-,19?/m0/s1. The Morgan fingerprint density at radius 1 is 1.17 bits per heavy atom. The van der Waals surface area contributed by atoms with Crippen LogP contribution < -0.4 is 10.1 Å². The van der Waals surface area contributed by atoms with Crippen LogP contribution in [-0.2, 0) is 34.5 Å². The number of esters is 1. The second kappa shape index (κ2) is 11.6. The third kappa shape index (κ3) is 6.15. The molecule has 2 aromatic heterocycles. The zero-order valence-electron chi connectivity index (χ0n) is 20.6. The molecule has 2 heterocycles. The minimum atomic E-state index is -0.547. The molecule has 190 valence electrons. The van der Waals surface area contributed by atoms with Crippen LogP contribution in [0.15, 0.2) is 36.5 Å². The minimum Gasteiger partial charge on any atom is -0.473 e. The largest absolute Gasteiger partial charge is 0.473 e. The van der Waals surface area contributed by atoms with Crippen molar-refractivity contribution in [3.05, 3.63) is 53.5 Å². The second-order valence-corrected chi connectivity index (χ2v) is 8.57. The van der Waals surface area contributed by atoms with E-state index in [0.29, 0.717) is 41.7 Å². The molecule has 2 atom stereocenters. The van der Waals surface area contributed by atoms with Gasteiger partial charge in [-0.3, -0.25) is 4.79 Å². The molecular formula is C25H30N6O5. The number of nitrogens with one attached hydrogen (secondary N) is 1. The van der Waals surface area contributed by atoms with E-state index >= 15 is 0 Å². The number of carbonyl (C=O) groups excluding carboxylic acids is 2. The van der Waals surface area contributed by atoms with E-state index in [1.165, 1.54) is 0 Å². The van der Waals surface area contributed by atoms with Crippen LogP contribution in [0.4, 0.5) is 4.79 Å². The highest BCUT2D eigenvalue weighted by atomic mass is 16.5. The molecule has 4 rings (SSSR count). The number of aromatic nitrogens is 5. The van der Waals surface area contributed by atoms with Gasteiger partial charge >= 0.3 is 12.1 Å². The lowest BCUT2D eigenvalue weighted by molar-refractivity contribution is -0.147. The van der Waals surface area contributed by atoms with Crippen LogP contribution in [0, 0.1) is 12.8 Å². The molecule has 1 fully saturated rings. The van der Waals surface area contributed by atoms with Crippen molar-refractivity contribution >= 4 is 12.1 Å². The summed E-state index contributed by atoms with van der Waals surface area (Å²) in [5, 5.41) is 11.0. The van der Waals surface area contributed by atoms with E-state index in [1.54, 1.807) is 31.8 Å². The van der Waals surface area contributed by atoms with E-state index in [9.17, 15) is 9.59 Å². The Morgan fingerprint density at radius 2 is 1.97 bits per heavy atom. The molecule has 1 aliphatic rings. The molecule has 0 aliphatic heterocycles. The van der Waals surface area contributed by atoms with Gasteiger partial charge in [0.05, 0.1) is 31.0 Å². The Hall–Kier alpha value is -4.02. The van der Waals surface area contributed by atoms with Gasteiger partial charge in [0.2, 0.25) is 5.88 Å². The molecule has 1 unspecified atom stereocenters. The Labute approximate surface area is 209 Å². The highest BCUT2D eigenvalue weighted by molar-refractivity contribution is 5.72. The summed E-state index contributed by atoms with van der Waals surface area (Å²) >= 11 is 0. The fourth-order valence-corrected chi connectivity index (χ4v) is 4.08. The lowest BCUT2D eigenvalue weighted by atomic mass is 10.1. The van der Waals surface area contributed by atoms with Gasteiger partial charge in [-0.05, 0) is 38.7 Å². The summed E-state index contributed by atoms with van der Waals surface area (Å²) in [5.74, 6) is 0.104. The number of alkyl carbamates (subject to hydrolysis) is 1. The van der Waals surface area contributed by atoms with Gasteiger partial charge in [0.15, 0.2) is 0 Å². The number of benzene rings is 1. The van der Waals surface area contributed by atoms with Crippen LogP contribution in [0.25, 0.3) is 11.4 Å². The zero-order chi connectivity index (χ0) is 25.5. The van der Waals surface area contributed by atoms with Crippen molar-refractivity contribution in [2.24, 2.45) is 13.0 Å². The molecule has 11 heteroatoms. The summed E-state index contributed by atoms with van der Waals surface area (Å²) in [7, 11) is 1.74. The van der Waals surface area contributed by atoms with Crippen molar-refractivity contribution in [3.8, 4) is 17.3 Å². The average molecular weight is 495 g/mol. The smallest absolute Gasteiger partial charge is 0.407 e. The van der Waals surface area contributed by atoms with Crippen LogP contribution in [0.1, 0.15) is 43.1 Å². The first kappa shape index (κ1) is 25.1. The SMILES string of the molecule is CCOC(=O)[C@H]1CCC(Oc2ncc(-c3nnn(C)c3CNC(=O)OCc3ccccc3)nc2C)C1. The number of hydrogen-bond acceptors (Lipinski definition) is 9. The Balaban J connectivity index is 1.36. The molecule has 3 aromatic rings. The molecule has 0 saturated heterocycles. The molecular weight excluding hydrogens is 464 g/mol. The Kier molecular flexibility index (Phi) is 8.09. The maximum Gasteiger partial charge on any atom is 0.407 e. The number of carbonyl (C=O) groups is 2. The quantitative estimate of drug-likeness (QED) is 0.446.